The molecule has 1 N–H and O–H groups in total. The van der Waals surface area contributed by atoms with Gasteiger partial charge in [0.15, 0.2) is 0 Å². The maximum Gasteiger partial charge on any atom is 0.308 e. The lowest BCUT2D eigenvalue weighted by Gasteiger charge is -2.12. The number of hydrogen-bond donors (Lipinski definition) is 1. The third-order valence-electron chi connectivity index (χ3n) is 8.71. The first kappa shape index (κ1) is 45.5. The van der Waals surface area contributed by atoms with Crippen molar-refractivity contribution in [3.63, 3.8) is 0 Å². The van der Waals surface area contributed by atoms with E-state index in [0.717, 1.165) is 38.9 Å². The summed E-state index contributed by atoms with van der Waals surface area (Å²) in [5, 5.41) is 10.0. The Morgan fingerprint density at radius 3 is 0.977 bits per heavy atom. The van der Waals surface area contributed by atoms with Crippen molar-refractivity contribution in [2.24, 2.45) is 0 Å². The Kier molecular flexibility index (Phi) is 43.8. The summed E-state index contributed by atoms with van der Waals surface area (Å²) in [5.41, 5.74) is 0. The fraction of sp³-hybridized carbons (Fsp3) is 0.975. The minimum atomic E-state index is -0.907. The van der Waals surface area contributed by atoms with Gasteiger partial charge in [0.05, 0.1) is 0 Å². The van der Waals surface area contributed by atoms with Crippen molar-refractivity contribution < 1.29 is 19.4 Å². The number of aliphatic hydroxyl groups is 1. The molecular weight excluding hydrogens is 544 g/mol. The second-order valence-electron chi connectivity index (χ2n) is 13.2. The van der Waals surface area contributed by atoms with Gasteiger partial charge in [0.1, 0.15) is 0 Å². The molecule has 0 saturated heterocycles. The Morgan fingerprint density at radius 1 is 0.432 bits per heavy atom. The lowest BCUT2D eigenvalue weighted by Crippen LogP contribution is -2.17. The zero-order valence-corrected chi connectivity index (χ0v) is 30.8. The number of carbonyl (C=O) groups is 1. The molecule has 4 heteroatoms. The molecule has 0 bridgehead atoms. The highest BCUT2D eigenvalue weighted by Gasteiger charge is 2.10. The van der Waals surface area contributed by atoms with Gasteiger partial charge in [0.2, 0.25) is 6.29 Å². The summed E-state index contributed by atoms with van der Waals surface area (Å²) >= 11 is 0. The van der Waals surface area contributed by atoms with Crippen molar-refractivity contribution >= 4 is 5.97 Å². The Labute approximate surface area is 277 Å². The van der Waals surface area contributed by atoms with Gasteiger partial charge in [-0.15, -0.1) is 0 Å². The van der Waals surface area contributed by atoms with E-state index >= 15 is 0 Å². The number of carbonyl (C=O) groups excluding carboxylic acids is 1. The van der Waals surface area contributed by atoms with Crippen LogP contribution in [0.4, 0.5) is 0 Å². The molecule has 0 aliphatic rings. The van der Waals surface area contributed by atoms with Crippen molar-refractivity contribution in [1.82, 2.24) is 0 Å². The van der Waals surface area contributed by atoms with Crippen LogP contribution in [0.3, 0.4) is 0 Å². The number of rotatable bonds is 35. The summed E-state index contributed by atoms with van der Waals surface area (Å²) < 4.78 is 10.0. The summed E-state index contributed by atoms with van der Waals surface area (Å²) in [5.74, 6) is -0.224. The van der Waals surface area contributed by atoms with Gasteiger partial charge in [-0.3, -0.25) is 4.79 Å². The molecule has 0 spiro atoms. The monoisotopic (exact) mass is 627 g/mol. The average Bonchev–Trinajstić information content (AvgIpc) is 3.01. The van der Waals surface area contributed by atoms with E-state index in [1.807, 2.05) is 13.8 Å². The topological polar surface area (TPSA) is 55.8 Å². The maximum atomic E-state index is 12.0. The van der Waals surface area contributed by atoms with Crippen LogP contribution in [0.2, 0.25) is 0 Å². The predicted octanol–water partition coefficient (Wildman–Crippen LogP) is 13.4. The van der Waals surface area contributed by atoms with Crippen molar-refractivity contribution in [2.75, 3.05) is 13.2 Å². The molecule has 266 valence electrons. The molecule has 1 unspecified atom stereocenters. The molecule has 0 aliphatic heterocycles. The van der Waals surface area contributed by atoms with Gasteiger partial charge in [-0.25, -0.2) is 0 Å². The second kappa shape index (κ2) is 42.4. The van der Waals surface area contributed by atoms with Gasteiger partial charge in [-0.05, 0) is 26.7 Å². The van der Waals surface area contributed by atoms with Gasteiger partial charge in [-0.2, -0.15) is 0 Å². The first-order valence-electron chi connectivity index (χ1n) is 20.1. The lowest BCUT2D eigenvalue weighted by molar-refractivity contribution is -0.168. The molecule has 0 aromatic heterocycles. The second-order valence-corrected chi connectivity index (χ2v) is 13.2. The molecule has 0 saturated carbocycles. The molecule has 0 aromatic rings. The van der Waals surface area contributed by atoms with E-state index < -0.39 is 6.29 Å². The molecular formula is C40H82O4. The van der Waals surface area contributed by atoms with E-state index in [0.29, 0.717) is 12.8 Å². The van der Waals surface area contributed by atoms with Crippen LogP contribution in [0.15, 0.2) is 0 Å². The predicted molar refractivity (Wildman–Crippen MR) is 193 cm³/mol. The van der Waals surface area contributed by atoms with E-state index in [4.69, 9.17) is 9.47 Å². The first-order chi connectivity index (χ1) is 21.6. The third-order valence-corrected chi connectivity index (χ3v) is 8.71. The molecule has 0 radical (unpaired) electrons. The van der Waals surface area contributed by atoms with Crippen LogP contribution in [-0.4, -0.2) is 30.6 Å². The van der Waals surface area contributed by atoms with Crippen LogP contribution >= 0.6 is 0 Å². The van der Waals surface area contributed by atoms with Crippen LogP contribution in [0, 0.1) is 0 Å². The van der Waals surface area contributed by atoms with Crippen LogP contribution in [0.5, 0.6) is 0 Å². The Hall–Kier alpha value is -0.610. The third kappa shape index (κ3) is 43.5. The summed E-state index contributed by atoms with van der Waals surface area (Å²) in [6, 6.07) is 0. The highest BCUT2D eigenvalue weighted by Crippen LogP contribution is 2.16. The Balaban J connectivity index is 0. The quantitative estimate of drug-likeness (QED) is 0.0432. The van der Waals surface area contributed by atoms with E-state index in [9.17, 15) is 9.90 Å². The molecule has 4 nitrogen and oxygen atoms in total. The lowest BCUT2D eigenvalue weighted by atomic mass is 10.0. The summed E-state index contributed by atoms with van der Waals surface area (Å²) in [6.07, 6.45) is 40.0. The Morgan fingerprint density at radius 2 is 0.705 bits per heavy atom. The number of ether oxygens (including phenoxy) is 2. The first-order valence-corrected chi connectivity index (χ1v) is 20.1. The molecule has 0 heterocycles. The normalized spacial score (nSPS) is 11.8. The fourth-order valence-corrected chi connectivity index (χ4v) is 5.80. The summed E-state index contributed by atoms with van der Waals surface area (Å²) in [7, 11) is 0. The van der Waals surface area contributed by atoms with Gasteiger partial charge in [0.25, 0.3) is 0 Å². The van der Waals surface area contributed by atoms with Gasteiger partial charge in [0, 0.05) is 26.1 Å². The van der Waals surface area contributed by atoms with E-state index in [-0.39, 0.29) is 5.97 Å². The molecule has 44 heavy (non-hydrogen) atoms. The van der Waals surface area contributed by atoms with E-state index in [1.165, 1.54) is 167 Å². The number of aliphatic hydroxyl groups excluding tert-OH is 1. The van der Waals surface area contributed by atoms with E-state index in [1.54, 1.807) is 0 Å². The van der Waals surface area contributed by atoms with Crippen LogP contribution in [0.1, 0.15) is 233 Å². The van der Waals surface area contributed by atoms with Gasteiger partial charge >= 0.3 is 5.97 Å². The average molecular weight is 627 g/mol. The number of esters is 1. The highest BCUT2D eigenvalue weighted by atomic mass is 16.6. The molecule has 0 aliphatic carbocycles. The largest absolute Gasteiger partial charge is 0.436 e. The van der Waals surface area contributed by atoms with E-state index in [2.05, 4.69) is 13.8 Å². The molecule has 1 atom stereocenters. The Bertz CT molecular complexity index is 508. The van der Waals surface area contributed by atoms with Crippen molar-refractivity contribution in [3.8, 4) is 0 Å². The smallest absolute Gasteiger partial charge is 0.308 e. The van der Waals surface area contributed by atoms with Crippen molar-refractivity contribution in [1.29, 1.82) is 0 Å². The fourth-order valence-electron chi connectivity index (χ4n) is 5.80. The molecule has 0 amide bonds. The minimum absolute atomic E-state index is 0.224. The highest BCUT2D eigenvalue weighted by molar-refractivity contribution is 5.69. The molecule has 0 rings (SSSR count). The SMILES string of the molecule is CCCCCCCCCCCCCCCCCC(=O)OC(O)CCCCCCCCCCCCCCCCC.CCOCC. The number of hydrogen-bond acceptors (Lipinski definition) is 4. The molecule has 0 aromatic carbocycles. The van der Waals surface area contributed by atoms with Crippen LogP contribution in [-0.2, 0) is 14.3 Å². The zero-order chi connectivity index (χ0) is 32.6. The minimum Gasteiger partial charge on any atom is -0.436 e. The summed E-state index contributed by atoms with van der Waals surface area (Å²) in [4.78, 5) is 12.0. The van der Waals surface area contributed by atoms with Crippen LogP contribution in [0.25, 0.3) is 0 Å². The van der Waals surface area contributed by atoms with Crippen molar-refractivity contribution in [2.45, 2.75) is 239 Å². The summed E-state index contributed by atoms with van der Waals surface area (Å²) in [6.45, 7) is 10.2. The molecule has 0 fully saturated rings. The van der Waals surface area contributed by atoms with Crippen LogP contribution < -0.4 is 0 Å². The van der Waals surface area contributed by atoms with Crippen molar-refractivity contribution in [3.05, 3.63) is 0 Å². The van der Waals surface area contributed by atoms with Gasteiger partial charge in [-0.1, -0.05) is 194 Å². The maximum absolute atomic E-state index is 12.0. The van der Waals surface area contributed by atoms with Gasteiger partial charge < -0.3 is 14.6 Å². The number of unbranched alkanes of at least 4 members (excludes halogenated alkanes) is 28. The zero-order valence-electron chi connectivity index (χ0n) is 30.8. The standard InChI is InChI=1S/C36H72O3.C4H10O/c1-3-5-7-9-11-13-15-17-19-21-23-25-27-29-31-33-35(37)39-36(38)34-32-30-28-26-24-22-20-18-16-14-12-10-8-6-4-2;1-3-5-4-2/h35,37H,3-34H2,1-2H3;3-4H2,1-2H3.